The molecule has 0 atom stereocenters. The number of rotatable bonds is 5. The minimum absolute atomic E-state index is 0.779. The van der Waals surface area contributed by atoms with Crippen LogP contribution in [-0.2, 0) is 6.54 Å². The molecule has 2 heterocycles. The van der Waals surface area contributed by atoms with Gasteiger partial charge >= 0.3 is 0 Å². The minimum Gasteiger partial charge on any atom is -0.369 e. The number of nitrogens with zero attached hydrogens (tertiary/aromatic N) is 3. The molecule has 0 fully saturated rings. The van der Waals surface area contributed by atoms with E-state index in [0.717, 1.165) is 29.1 Å². The van der Waals surface area contributed by atoms with E-state index in [4.69, 9.17) is 11.6 Å². The Morgan fingerprint density at radius 2 is 2.22 bits per heavy atom. The van der Waals surface area contributed by atoms with E-state index in [0.29, 0.717) is 0 Å². The first-order valence-electron chi connectivity index (χ1n) is 5.70. The lowest BCUT2D eigenvalue weighted by Crippen LogP contribution is -2.17. The summed E-state index contributed by atoms with van der Waals surface area (Å²) in [5.74, 6) is 1.64. The van der Waals surface area contributed by atoms with E-state index in [-0.39, 0.29) is 0 Å². The van der Waals surface area contributed by atoms with Gasteiger partial charge < -0.3 is 10.2 Å². The molecule has 0 aliphatic rings. The van der Waals surface area contributed by atoms with Crippen molar-refractivity contribution < 1.29 is 0 Å². The fourth-order valence-corrected chi connectivity index (χ4v) is 2.70. The van der Waals surface area contributed by atoms with E-state index in [1.54, 1.807) is 23.7 Å². The molecule has 0 aliphatic heterocycles. The summed E-state index contributed by atoms with van der Waals surface area (Å²) in [5, 5.41) is 3.15. The predicted molar refractivity (Wildman–Crippen MR) is 77.6 cm³/mol. The Kier molecular flexibility index (Phi) is 4.38. The fraction of sp³-hybridized carbons (Fsp3) is 0.333. The SMILES string of the molecule is CCNc1cncc(N(C)Cc2ccc(Cl)s2)n1. The van der Waals surface area contributed by atoms with E-state index in [9.17, 15) is 0 Å². The fourth-order valence-electron chi connectivity index (χ4n) is 1.56. The number of hydrogen-bond donors (Lipinski definition) is 1. The van der Waals surface area contributed by atoms with Crippen molar-refractivity contribution in [1.82, 2.24) is 9.97 Å². The van der Waals surface area contributed by atoms with Gasteiger partial charge in [0.25, 0.3) is 0 Å². The maximum absolute atomic E-state index is 5.92. The minimum atomic E-state index is 0.779. The third-order valence-corrected chi connectivity index (χ3v) is 3.61. The van der Waals surface area contributed by atoms with Crippen molar-refractivity contribution in [2.75, 3.05) is 23.8 Å². The van der Waals surface area contributed by atoms with Crippen LogP contribution in [0, 0.1) is 0 Å². The molecule has 6 heteroatoms. The highest BCUT2D eigenvalue weighted by molar-refractivity contribution is 7.16. The molecular formula is C12H15ClN4S. The topological polar surface area (TPSA) is 41.1 Å². The molecule has 0 saturated carbocycles. The molecule has 2 aromatic rings. The van der Waals surface area contributed by atoms with Gasteiger partial charge in [-0.3, -0.25) is 4.98 Å². The average Bonchev–Trinajstić information content (AvgIpc) is 2.75. The maximum atomic E-state index is 5.92. The van der Waals surface area contributed by atoms with Gasteiger partial charge in [0, 0.05) is 18.5 Å². The Balaban J connectivity index is 2.08. The molecule has 0 saturated heterocycles. The molecule has 1 N–H and O–H groups in total. The zero-order valence-electron chi connectivity index (χ0n) is 10.4. The van der Waals surface area contributed by atoms with Crippen molar-refractivity contribution in [3.63, 3.8) is 0 Å². The lowest BCUT2D eigenvalue weighted by molar-refractivity contribution is 0.903. The Morgan fingerprint density at radius 3 is 2.89 bits per heavy atom. The summed E-state index contributed by atoms with van der Waals surface area (Å²) in [6.45, 7) is 3.65. The highest BCUT2D eigenvalue weighted by atomic mass is 35.5. The van der Waals surface area contributed by atoms with E-state index in [2.05, 4.69) is 20.2 Å². The molecule has 0 aliphatic carbocycles. The summed E-state index contributed by atoms with van der Waals surface area (Å²) in [4.78, 5) is 11.9. The Morgan fingerprint density at radius 1 is 1.39 bits per heavy atom. The number of thiophene rings is 1. The number of hydrogen-bond acceptors (Lipinski definition) is 5. The summed E-state index contributed by atoms with van der Waals surface area (Å²) < 4.78 is 0.811. The van der Waals surface area contributed by atoms with Crippen molar-refractivity contribution >= 4 is 34.6 Å². The second kappa shape index (κ2) is 6.02. The van der Waals surface area contributed by atoms with Gasteiger partial charge in [-0.15, -0.1) is 11.3 Å². The lowest BCUT2D eigenvalue weighted by Gasteiger charge is -2.17. The summed E-state index contributed by atoms with van der Waals surface area (Å²) in [6.07, 6.45) is 3.49. The molecule has 0 radical (unpaired) electrons. The normalized spacial score (nSPS) is 10.4. The van der Waals surface area contributed by atoms with E-state index < -0.39 is 0 Å². The van der Waals surface area contributed by atoms with Crippen molar-refractivity contribution in [3.05, 3.63) is 33.7 Å². The third kappa shape index (κ3) is 3.34. The molecular weight excluding hydrogens is 268 g/mol. The van der Waals surface area contributed by atoms with E-state index in [1.165, 1.54) is 4.88 Å². The molecule has 0 amide bonds. The van der Waals surface area contributed by atoms with Crippen LogP contribution in [0.2, 0.25) is 4.34 Å². The standard InChI is InChI=1S/C12H15ClN4S/c1-3-15-11-6-14-7-12(16-11)17(2)8-9-4-5-10(13)18-9/h4-7H,3,8H2,1-2H3,(H,15,16). The molecule has 0 spiro atoms. The first-order valence-corrected chi connectivity index (χ1v) is 6.89. The van der Waals surface area contributed by atoms with Gasteiger partial charge in [0.05, 0.1) is 23.3 Å². The van der Waals surface area contributed by atoms with Gasteiger partial charge in [-0.25, -0.2) is 4.98 Å². The highest BCUT2D eigenvalue weighted by Crippen LogP contribution is 2.23. The monoisotopic (exact) mass is 282 g/mol. The van der Waals surface area contributed by atoms with Gasteiger partial charge in [0.2, 0.25) is 0 Å². The van der Waals surface area contributed by atoms with Crippen LogP contribution in [0.15, 0.2) is 24.5 Å². The van der Waals surface area contributed by atoms with Crippen LogP contribution in [0.1, 0.15) is 11.8 Å². The maximum Gasteiger partial charge on any atom is 0.149 e. The van der Waals surface area contributed by atoms with Crippen LogP contribution < -0.4 is 10.2 Å². The second-order valence-electron chi connectivity index (χ2n) is 3.85. The highest BCUT2D eigenvalue weighted by Gasteiger charge is 2.06. The molecule has 18 heavy (non-hydrogen) atoms. The second-order valence-corrected chi connectivity index (χ2v) is 5.65. The predicted octanol–water partition coefficient (Wildman–Crippen LogP) is 3.26. The number of halogens is 1. The van der Waals surface area contributed by atoms with Gasteiger partial charge in [-0.1, -0.05) is 11.6 Å². The lowest BCUT2D eigenvalue weighted by atomic mass is 10.4. The third-order valence-electron chi connectivity index (χ3n) is 2.39. The summed E-state index contributed by atoms with van der Waals surface area (Å²) in [5.41, 5.74) is 0. The van der Waals surface area contributed by atoms with Gasteiger partial charge in [0.1, 0.15) is 11.6 Å². The van der Waals surface area contributed by atoms with E-state index >= 15 is 0 Å². The first-order chi connectivity index (χ1) is 8.69. The van der Waals surface area contributed by atoms with Gasteiger partial charge in [-0.05, 0) is 19.1 Å². The van der Waals surface area contributed by atoms with E-state index in [1.807, 2.05) is 26.1 Å². The zero-order valence-corrected chi connectivity index (χ0v) is 11.9. The summed E-state index contributed by atoms with van der Waals surface area (Å²) in [6, 6.07) is 3.95. The molecule has 0 aromatic carbocycles. The Hall–Kier alpha value is -1.33. The van der Waals surface area contributed by atoms with Crippen molar-refractivity contribution in [3.8, 4) is 0 Å². The molecule has 0 bridgehead atoms. The number of anilines is 2. The molecule has 4 nitrogen and oxygen atoms in total. The molecule has 2 rings (SSSR count). The van der Waals surface area contributed by atoms with Crippen molar-refractivity contribution in [2.45, 2.75) is 13.5 Å². The van der Waals surface area contributed by atoms with Crippen molar-refractivity contribution in [2.24, 2.45) is 0 Å². The first kappa shape index (κ1) is 13.1. The quantitative estimate of drug-likeness (QED) is 0.914. The zero-order chi connectivity index (χ0) is 13.0. The summed E-state index contributed by atoms with van der Waals surface area (Å²) >= 11 is 7.50. The van der Waals surface area contributed by atoms with Gasteiger partial charge in [-0.2, -0.15) is 0 Å². The van der Waals surface area contributed by atoms with Crippen LogP contribution in [0.3, 0.4) is 0 Å². The smallest absolute Gasteiger partial charge is 0.149 e. The Bertz CT molecular complexity index is 514. The van der Waals surface area contributed by atoms with Crippen LogP contribution in [0.4, 0.5) is 11.6 Å². The van der Waals surface area contributed by atoms with Crippen molar-refractivity contribution in [1.29, 1.82) is 0 Å². The average molecular weight is 283 g/mol. The number of aromatic nitrogens is 2. The largest absolute Gasteiger partial charge is 0.369 e. The number of nitrogens with one attached hydrogen (secondary N) is 1. The van der Waals surface area contributed by atoms with Crippen LogP contribution in [0.25, 0.3) is 0 Å². The molecule has 0 unspecified atom stereocenters. The molecule has 96 valence electrons. The van der Waals surface area contributed by atoms with Gasteiger partial charge in [0.15, 0.2) is 0 Å². The van der Waals surface area contributed by atoms with Crippen LogP contribution in [-0.4, -0.2) is 23.6 Å². The van der Waals surface area contributed by atoms with Crippen LogP contribution in [0.5, 0.6) is 0 Å². The molecule has 2 aromatic heterocycles. The summed E-state index contributed by atoms with van der Waals surface area (Å²) in [7, 11) is 1.99. The van der Waals surface area contributed by atoms with Crippen LogP contribution >= 0.6 is 22.9 Å². The Labute approximate surface area is 116 Å².